The van der Waals surface area contributed by atoms with Crippen LogP contribution in [0.4, 0.5) is 0 Å². The molecule has 18 heavy (non-hydrogen) atoms. The SMILES string of the molecule is Cc1ccc(Sc2cc(Br)ccc2C(=O)O)nc1. The summed E-state index contributed by atoms with van der Waals surface area (Å²) in [5, 5.41) is 9.91. The molecule has 2 rings (SSSR count). The molecule has 0 aliphatic rings. The molecule has 3 nitrogen and oxygen atoms in total. The fourth-order valence-corrected chi connectivity index (χ4v) is 2.82. The highest BCUT2D eigenvalue weighted by atomic mass is 79.9. The Morgan fingerprint density at radius 3 is 2.72 bits per heavy atom. The number of rotatable bonds is 3. The molecule has 1 aromatic heterocycles. The average Bonchev–Trinajstić information content (AvgIpc) is 2.32. The highest BCUT2D eigenvalue weighted by Crippen LogP contribution is 2.31. The van der Waals surface area contributed by atoms with Crippen molar-refractivity contribution in [1.29, 1.82) is 0 Å². The molecule has 1 N–H and O–H groups in total. The first-order valence-electron chi connectivity index (χ1n) is 5.19. The highest BCUT2D eigenvalue weighted by Gasteiger charge is 2.12. The van der Waals surface area contributed by atoms with Gasteiger partial charge >= 0.3 is 5.97 Å². The second-order valence-electron chi connectivity index (χ2n) is 3.72. The topological polar surface area (TPSA) is 50.2 Å². The van der Waals surface area contributed by atoms with Crippen LogP contribution < -0.4 is 0 Å². The third kappa shape index (κ3) is 3.11. The molecule has 0 aliphatic heterocycles. The van der Waals surface area contributed by atoms with Gasteiger partial charge in [-0.1, -0.05) is 33.8 Å². The zero-order valence-corrected chi connectivity index (χ0v) is 12.0. The van der Waals surface area contributed by atoms with Crippen molar-refractivity contribution >= 4 is 33.7 Å². The van der Waals surface area contributed by atoms with Crippen LogP contribution >= 0.6 is 27.7 Å². The van der Waals surface area contributed by atoms with Crippen molar-refractivity contribution < 1.29 is 9.90 Å². The van der Waals surface area contributed by atoms with Gasteiger partial charge in [-0.2, -0.15) is 0 Å². The lowest BCUT2D eigenvalue weighted by molar-refractivity contribution is 0.0693. The lowest BCUT2D eigenvalue weighted by Gasteiger charge is -2.06. The molecule has 0 saturated heterocycles. The van der Waals surface area contributed by atoms with Crippen molar-refractivity contribution in [2.45, 2.75) is 16.8 Å². The van der Waals surface area contributed by atoms with Gasteiger partial charge in [0, 0.05) is 15.6 Å². The van der Waals surface area contributed by atoms with E-state index in [1.165, 1.54) is 11.8 Å². The van der Waals surface area contributed by atoms with Gasteiger partial charge in [0.15, 0.2) is 0 Å². The Morgan fingerprint density at radius 1 is 1.33 bits per heavy atom. The second-order valence-corrected chi connectivity index (χ2v) is 5.70. The van der Waals surface area contributed by atoms with Gasteiger partial charge in [0.25, 0.3) is 0 Å². The molecule has 2 aromatic rings. The third-order valence-electron chi connectivity index (χ3n) is 2.27. The molecule has 0 radical (unpaired) electrons. The number of aromatic nitrogens is 1. The van der Waals surface area contributed by atoms with Gasteiger partial charge < -0.3 is 5.11 Å². The Bertz CT molecular complexity index is 584. The standard InChI is InChI=1S/C13H10BrNO2S/c1-8-2-5-12(15-7-8)18-11-6-9(14)3-4-10(11)13(16)17/h2-7H,1H3,(H,16,17). The summed E-state index contributed by atoms with van der Waals surface area (Å²) >= 11 is 4.69. The van der Waals surface area contributed by atoms with Crippen molar-refractivity contribution in [2.24, 2.45) is 0 Å². The summed E-state index contributed by atoms with van der Waals surface area (Å²) in [6.45, 7) is 1.96. The number of benzene rings is 1. The number of carbonyl (C=O) groups is 1. The Labute approximate surface area is 117 Å². The van der Waals surface area contributed by atoms with E-state index in [0.717, 1.165) is 15.1 Å². The van der Waals surface area contributed by atoms with E-state index in [1.54, 1.807) is 24.4 Å². The smallest absolute Gasteiger partial charge is 0.336 e. The largest absolute Gasteiger partial charge is 0.478 e. The van der Waals surface area contributed by atoms with E-state index in [9.17, 15) is 4.79 Å². The highest BCUT2D eigenvalue weighted by molar-refractivity contribution is 9.10. The third-order valence-corrected chi connectivity index (χ3v) is 3.77. The van der Waals surface area contributed by atoms with Gasteiger partial charge in [-0.25, -0.2) is 9.78 Å². The summed E-state index contributed by atoms with van der Waals surface area (Å²) < 4.78 is 0.849. The fourth-order valence-electron chi connectivity index (χ4n) is 1.38. The number of hydrogen-bond donors (Lipinski definition) is 1. The molecule has 0 amide bonds. The van der Waals surface area contributed by atoms with Crippen molar-refractivity contribution in [2.75, 3.05) is 0 Å². The Morgan fingerprint density at radius 2 is 2.11 bits per heavy atom. The van der Waals surface area contributed by atoms with E-state index >= 15 is 0 Å². The number of pyridine rings is 1. The van der Waals surface area contributed by atoms with Gasteiger partial charge in [-0.05, 0) is 36.8 Å². The molecule has 0 saturated carbocycles. The van der Waals surface area contributed by atoms with Crippen LogP contribution in [0, 0.1) is 6.92 Å². The first-order chi connectivity index (χ1) is 8.56. The maximum absolute atomic E-state index is 11.1. The van der Waals surface area contributed by atoms with Crippen LogP contribution in [0.15, 0.2) is 50.9 Å². The van der Waals surface area contributed by atoms with Crippen molar-refractivity contribution in [3.63, 3.8) is 0 Å². The van der Waals surface area contributed by atoms with Crippen molar-refractivity contribution in [1.82, 2.24) is 4.98 Å². The summed E-state index contributed by atoms with van der Waals surface area (Å²) in [4.78, 5) is 16.1. The monoisotopic (exact) mass is 323 g/mol. The molecular weight excluding hydrogens is 314 g/mol. The van der Waals surface area contributed by atoms with E-state index < -0.39 is 5.97 Å². The van der Waals surface area contributed by atoms with Crippen LogP contribution in [0.5, 0.6) is 0 Å². The van der Waals surface area contributed by atoms with Gasteiger partial charge in [0.2, 0.25) is 0 Å². The lowest BCUT2D eigenvalue weighted by Crippen LogP contribution is -1.98. The predicted molar refractivity (Wildman–Crippen MR) is 74.2 cm³/mol. The minimum Gasteiger partial charge on any atom is -0.478 e. The van der Waals surface area contributed by atoms with Crippen LogP contribution in [-0.2, 0) is 0 Å². The summed E-state index contributed by atoms with van der Waals surface area (Å²) in [6, 6.07) is 8.93. The number of aryl methyl sites for hydroxylation is 1. The molecule has 0 unspecified atom stereocenters. The minimum atomic E-state index is -0.933. The summed E-state index contributed by atoms with van der Waals surface area (Å²) in [5.41, 5.74) is 1.36. The molecule has 0 bridgehead atoms. The Balaban J connectivity index is 2.35. The number of carboxylic acids is 1. The van der Waals surface area contributed by atoms with Crippen LogP contribution in [0.2, 0.25) is 0 Å². The van der Waals surface area contributed by atoms with E-state index in [1.807, 2.05) is 19.1 Å². The van der Waals surface area contributed by atoms with E-state index in [4.69, 9.17) is 5.11 Å². The quantitative estimate of drug-likeness (QED) is 0.927. The number of nitrogens with zero attached hydrogens (tertiary/aromatic N) is 1. The first-order valence-corrected chi connectivity index (χ1v) is 6.80. The van der Waals surface area contributed by atoms with Gasteiger partial charge in [-0.3, -0.25) is 0 Å². The summed E-state index contributed by atoms with van der Waals surface area (Å²) in [6.07, 6.45) is 1.76. The van der Waals surface area contributed by atoms with Gasteiger partial charge in [0.05, 0.1) is 5.56 Å². The van der Waals surface area contributed by atoms with Crippen LogP contribution in [0.1, 0.15) is 15.9 Å². The van der Waals surface area contributed by atoms with Crippen LogP contribution in [-0.4, -0.2) is 16.1 Å². The maximum Gasteiger partial charge on any atom is 0.336 e. The molecule has 1 heterocycles. The van der Waals surface area contributed by atoms with Gasteiger partial charge in [0.1, 0.15) is 5.03 Å². The average molecular weight is 324 g/mol. The molecule has 0 atom stereocenters. The lowest BCUT2D eigenvalue weighted by atomic mass is 10.2. The van der Waals surface area contributed by atoms with E-state index in [-0.39, 0.29) is 5.56 Å². The van der Waals surface area contributed by atoms with Crippen molar-refractivity contribution in [3.8, 4) is 0 Å². The summed E-state index contributed by atoms with van der Waals surface area (Å²) in [7, 11) is 0. The van der Waals surface area contributed by atoms with E-state index in [2.05, 4.69) is 20.9 Å². The number of carboxylic acid groups (broad SMARTS) is 1. The molecule has 92 valence electrons. The van der Waals surface area contributed by atoms with Crippen molar-refractivity contribution in [3.05, 3.63) is 52.1 Å². The summed E-state index contributed by atoms with van der Waals surface area (Å²) in [5.74, 6) is -0.933. The molecule has 1 aromatic carbocycles. The minimum absolute atomic E-state index is 0.283. The number of aromatic carboxylic acids is 1. The zero-order valence-electron chi connectivity index (χ0n) is 9.55. The van der Waals surface area contributed by atoms with Crippen LogP contribution in [0.25, 0.3) is 0 Å². The zero-order chi connectivity index (χ0) is 13.1. The number of halogens is 1. The first kappa shape index (κ1) is 13.1. The molecule has 0 spiro atoms. The molecule has 0 fully saturated rings. The Hall–Kier alpha value is -1.33. The number of hydrogen-bond acceptors (Lipinski definition) is 3. The maximum atomic E-state index is 11.1. The van der Waals surface area contributed by atoms with Gasteiger partial charge in [-0.15, -0.1) is 0 Å². The molecular formula is C13H10BrNO2S. The normalized spacial score (nSPS) is 10.3. The molecule has 5 heteroatoms. The fraction of sp³-hybridized carbons (Fsp3) is 0.0769. The molecule has 0 aliphatic carbocycles. The predicted octanol–water partition coefficient (Wildman–Crippen LogP) is 4.00. The van der Waals surface area contributed by atoms with Crippen LogP contribution in [0.3, 0.4) is 0 Å². The second kappa shape index (κ2) is 5.54. The van der Waals surface area contributed by atoms with E-state index in [0.29, 0.717) is 4.90 Å². The Kier molecular flexibility index (Phi) is 4.04.